The SMILES string of the molecule is Br.Br.FC(F)(F)c1ccc(-c2nc(=NCc3cccnc3)sn2-c2ccccc2)cc1. The van der Waals surface area contributed by atoms with Gasteiger partial charge in [0, 0.05) is 18.0 Å². The molecule has 0 fully saturated rings. The molecule has 0 N–H and O–H groups in total. The molecule has 4 rings (SSSR count). The van der Waals surface area contributed by atoms with Gasteiger partial charge in [0.05, 0.1) is 17.8 Å². The predicted molar refractivity (Wildman–Crippen MR) is 126 cm³/mol. The van der Waals surface area contributed by atoms with E-state index in [-0.39, 0.29) is 34.0 Å². The molecule has 10 heteroatoms. The summed E-state index contributed by atoms with van der Waals surface area (Å²) in [6, 6.07) is 18.3. The summed E-state index contributed by atoms with van der Waals surface area (Å²) in [4.78, 5) is 13.7. The number of alkyl halides is 3. The minimum atomic E-state index is -4.37. The number of nitrogens with zero attached hydrogens (tertiary/aromatic N) is 4. The van der Waals surface area contributed by atoms with E-state index in [0.29, 0.717) is 22.7 Å². The maximum absolute atomic E-state index is 12.9. The monoisotopic (exact) mass is 572 g/mol. The van der Waals surface area contributed by atoms with Gasteiger partial charge >= 0.3 is 6.18 Å². The van der Waals surface area contributed by atoms with E-state index in [1.54, 1.807) is 12.4 Å². The molecule has 162 valence electrons. The van der Waals surface area contributed by atoms with Crippen LogP contribution in [0.1, 0.15) is 11.1 Å². The summed E-state index contributed by atoms with van der Waals surface area (Å²) >= 11 is 1.33. The van der Waals surface area contributed by atoms with E-state index in [0.717, 1.165) is 23.4 Å². The Morgan fingerprint density at radius 3 is 2.23 bits per heavy atom. The fourth-order valence-corrected chi connectivity index (χ4v) is 3.60. The molecule has 0 saturated heterocycles. The Morgan fingerprint density at radius 2 is 1.61 bits per heavy atom. The Labute approximate surface area is 201 Å². The van der Waals surface area contributed by atoms with Crippen molar-refractivity contribution in [1.82, 2.24) is 13.9 Å². The molecule has 2 aromatic carbocycles. The summed E-state index contributed by atoms with van der Waals surface area (Å²) in [6.07, 6.45) is -0.946. The van der Waals surface area contributed by atoms with Crippen molar-refractivity contribution in [2.45, 2.75) is 12.7 Å². The summed E-state index contributed by atoms with van der Waals surface area (Å²) in [7, 11) is 0. The number of hydrogen-bond donors (Lipinski definition) is 0. The zero-order valence-electron chi connectivity index (χ0n) is 15.9. The van der Waals surface area contributed by atoms with Crippen molar-refractivity contribution >= 4 is 45.5 Å². The zero-order valence-corrected chi connectivity index (χ0v) is 20.1. The van der Waals surface area contributed by atoms with Crippen molar-refractivity contribution in [3.05, 3.63) is 95.1 Å². The van der Waals surface area contributed by atoms with E-state index < -0.39 is 11.7 Å². The van der Waals surface area contributed by atoms with Gasteiger partial charge in [-0.3, -0.25) is 9.98 Å². The third kappa shape index (κ3) is 6.11. The second-order valence-electron chi connectivity index (χ2n) is 6.19. The summed E-state index contributed by atoms with van der Waals surface area (Å²) < 4.78 is 40.5. The molecule has 0 amide bonds. The molecule has 0 spiro atoms. The Hall–Kier alpha value is -2.30. The molecule has 0 unspecified atom stereocenters. The first-order chi connectivity index (χ1) is 14.0. The molecule has 0 aliphatic carbocycles. The van der Waals surface area contributed by atoms with Crippen LogP contribution in [0.3, 0.4) is 0 Å². The number of para-hydroxylation sites is 1. The van der Waals surface area contributed by atoms with Crippen molar-refractivity contribution in [3.63, 3.8) is 0 Å². The standard InChI is InChI=1S/C21H15F3N4S.2BrH/c22-21(23,24)17-10-8-16(9-11-17)19-27-20(26-14-15-5-4-12-25-13-15)29-28(19)18-6-2-1-3-7-18;;/h1-13H,14H2;2*1H. The van der Waals surface area contributed by atoms with Crippen molar-refractivity contribution in [2.75, 3.05) is 0 Å². The lowest BCUT2D eigenvalue weighted by atomic mass is 10.1. The van der Waals surface area contributed by atoms with E-state index in [4.69, 9.17) is 0 Å². The van der Waals surface area contributed by atoms with Crippen LogP contribution in [-0.4, -0.2) is 13.9 Å². The third-order valence-corrected chi connectivity index (χ3v) is 5.10. The maximum atomic E-state index is 12.9. The van der Waals surface area contributed by atoms with Crippen LogP contribution in [0.4, 0.5) is 13.2 Å². The molecular weight excluding hydrogens is 557 g/mol. The lowest BCUT2D eigenvalue weighted by Crippen LogP contribution is -2.04. The summed E-state index contributed by atoms with van der Waals surface area (Å²) in [5.41, 5.74) is 1.71. The first kappa shape index (κ1) is 25.0. The number of pyridine rings is 1. The Balaban J connectivity index is 0.00000171. The van der Waals surface area contributed by atoms with Gasteiger partial charge in [0.15, 0.2) is 5.82 Å². The van der Waals surface area contributed by atoms with Gasteiger partial charge in [-0.25, -0.2) is 3.96 Å². The molecule has 0 saturated carbocycles. The maximum Gasteiger partial charge on any atom is 0.416 e. The van der Waals surface area contributed by atoms with E-state index >= 15 is 0 Å². The molecule has 0 radical (unpaired) electrons. The fraction of sp³-hybridized carbons (Fsp3) is 0.0952. The van der Waals surface area contributed by atoms with Gasteiger partial charge in [0.2, 0.25) is 4.80 Å². The second-order valence-corrected chi connectivity index (χ2v) is 7.10. The number of hydrogen-bond acceptors (Lipinski definition) is 4. The Kier molecular flexibility index (Phi) is 8.72. The first-order valence-corrected chi connectivity index (χ1v) is 9.51. The van der Waals surface area contributed by atoms with Crippen LogP contribution in [0.25, 0.3) is 17.1 Å². The average molecular weight is 574 g/mol. The minimum absolute atomic E-state index is 0. The van der Waals surface area contributed by atoms with Crippen molar-refractivity contribution in [3.8, 4) is 17.1 Å². The van der Waals surface area contributed by atoms with Gasteiger partial charge in [-0.2, -0.15) is 18.2 Å². The summed E-state index contributed by atoms with van der Waals surface area (Å²) in [5, 5.41) is 0. The topological polar surface area (TPSA) is 43.1 Å². The first-order valence-electron chi connectivity index (χ1n) is 8.73. The fourth-order valence-electron chi connectivity index (χ4n) is 2.72. The molecule has 4 nitrogen and oxygen atoms in total. The highest BCUT2D eigenvalue weighted by Gasteiger charge is 2.30. The van der Waals surface area contributed by atoms with Crippen molar-refractivity contribution in [2.24, 2.45) is 4.99 Å². The molecule has 0 aliphatic rings. The van der Waals surface area contributed by atoms with Gasteiger partial charge < -0.3 is 0 Å². The van der Waals surface area contributed by atoms with Gasteiger partial charge in [-0.1, -0.05) is 36.4 Å². The van der Waals surface area contributed by atoms with Crippen LogP contribution in [-0.2, 0) is 12.7 Å². The molecule has 2 heterocycles. The average Bonchev–Trinajstić information content (AvgIpc) is 3.17. The van der Waals surface area contributed by atoms with Crippen LogP contribution in [0.2, 0.25) is 0 Å². The van der Waals surface area contributed by atoms with Crippen molar-refractivity contribution < 1.29 is 13.2 Å². The van der Waals surface area contributed by atoms with Gasteiger partial charge in [0.1, 0.15) is 0 Å². The molecule has 2 aromatic heterocycles. The van der Waals surface area contributed by atoms with Gasteiger partial charge in [-0.15, -0.1) is 34.0 Å². The molecular formula is C21H17Br2F3N4S. The summed E-state index contributed by atoms with van der Waals surface area (Å²) in [6.45, 7) is 0.419. The van der Waals surface area contributed by atoms with E-state index in [9.17, 15) is 13.2 Å². The smallest absolute Gasteiger partial charge is 0.264 e. The van der Waals surface area contributed by atoms with Crippen LogP contribution in [0, 0.1) is 0 Å². The highest BCUT2D eigenvalue weighted by Crippen LogP contribution is 2.31. The highest BCUT2D eigenvalue weighted by atomic mass is 79.9. The Morgan fingerprint density at radius 1 is 0.903 bits per heavy atom. The molecule has 4 aromatic rings. The molecule has 0 atom stereocenters. The number of aromatic nitrogens is 3. The quantitative estimate of drug-likeness (QED) is 0.289. The number of rotatable bonds is 4. The van der Waals surface area contributed by atoms with E-state index in [1.165, 1.54) is 23.7 Å². The van der Waals surface area contributed by atoms with Crippen LogP contribution < -0.4 is 4.80 Å². The summed E-state index contributed by atoms with van der Waals surface area (Å²) in [5.74, 6) is 0.542. The lowest BCUT2D eigenvalue weighted by Gasteiger charge is -2.09. The predicted octanol–water partition coefficient (Wildman–Crippen LogP) is 6.27. The van der Waals surface area contributed by atoms with E-state index in [2.05, 4.69) is 15.0 Å². The normalized spacial score (nSPS) is 11.5. The van der Waals surface area contributed by atoms with Gasteiger partial charge in [-0.05, 0) is 47.4 Å². The second kappa shape index (κ2) is 10.8. The van der Waals surface area contributed by atoms with Crippen LogP contribution in [0.15, 0.2) is 84.1 Å². The highest BCUT2D eigenvalue weighted by molar-refractivity contribution is 8.93. The molecule has 31 heavy (non-hydrogen) atoms. The van der Waals surface area contributed by atoms with Crippen molar-refractivity contribution in [1.29, 1.82) is 0 Å². The Bertz CT molecular complexity index is 1160. The van der Waals surface area contributed by atoms with Crippen LogP contribution in [0.5, 0.6) is 0 Å². The van der Waals surface area contributed by atoms with E-state index in [1.807, 2.05) is 46.4 Å². The van der Waals surface area contributed by atoms with Crippen LogP contribution >= 0.6 is 45.5 Å². The molecule has 0 bridgehead atoms. The minimum Gasteiger partial charge on any atom is -0.264 e. The molecule has 0 aliphatic heterocycles. The van der Waals surface area contributed by atoms with Gasteiger partial charge in [0.25, 0.3) is 0 Å². The third-order valence-electron chi connectivity index (χ3n) is 4.15. The zero-order chi connectivity index (χ0) is 20.3. The lowest BCUT2D eigenvalue weighted by molar-refractivity contribution is -0.137. The number of benzene rings is 2. The largest absolute Gasteiger partial charge is 0.416 e. The number of halogens is 5.